The summed E-state index contributed by atoms with van der Waals surface area (Å²) in [5, 5.41) is 8.09. The van der Waals surface area contributed by atoms with Crippen molar-refractivity contribution in [2.24, 2.45) is 0 Å². The number of anilines is 1. The molecule has 0 unspecified atom stereocenters. The van der Waals surface area contributed by atoms with Crippen LogP contribution in [0.2, 0.25) is 0 Å². The third-order valence-corrected chi connectivity index (χ3v) is 4.21. The number of rotatable bonds is 5. The fourth-order valence-corrected chi connectivity index (χ4v) is 3.05. The summed E-state index contributed by atoms with van der Waals surface area (Å²) < 4.78 is 10.9. The maximum atomic E-state index is 11.7. The molecule has 0 spiro atoms. The van der Waals surface area contributed by atoms with Gasteiger partial charge in [-0.1, -0.05) is 0 Å². The van der Waals surface area contributed by atoms with Gasteiger partial charge in [-0.25, -0.2) is 0 Å². The molecule has 7 nitrogen and oxygen atoms in total. The molecule has 0 saturated carbocycles. The van der Waals surface area contributed by atoms with Crippen molar-refractivity contribution < 1.29 is 14.3 Å². The first kappa shape index (κ1) is 15.2. The summed E-state index contributed by atoms with van der Waals surface area (Å²) in [7, 11) is 0. The van der Waals surface area contributed by atoms with Crippen molar-refractivity contribution in [1.29, 1.82) is 0 Å². The van der Waals surface area contributed by atoms with E-state index < -0.39 is 0 Å². The molecule has 2 aliphatic rings. The molecule has 0 radical (unpaired) electrons. The maximum Gasteiger partial charge on any atom is 0.323 e. The molecule has 3 rings (SSSR count). The number of carbonyl (C=O) groups is 1. The summed E-state index contributed by atoms with van der Waals surface area (Å²) in [5.41, 5.74) is 0. The fourth-order valence-electron chi connectivity index (χ4n) is 3.05. The second-order valence-electron chi connectivity index (χ2n) is 5.58. The molecule has 22 heavy (non-hydrogen) atoms. The molecule has 0 N–H and O–H groups in total. The minimum Gasteiger partial charge on any atom is -0.464 e. The van der Waals surface area contributed by atoms with E-state index >= 15 is 0 Å². The lowest BCUT2D eigenvalue weighted by molar-refractivity contribution is -0.144. The van der Waals surface area contributed by atoms with Crippen LogP contribution in [0.3, 0.4) is 0 Å². The zero-order chi connectivity index (χ0) is 15.4. The first-order valence-electron chi connectivity index (χ1n) is 7.83. The van der Waals surface area contributed by atoms with Crippen molar-refractivity contribution in [3.63, 3.8) is 0 Å². The van der Waals surface area contributed by atoms with Gasteiger partial charge in [-0.2, -0.15) is 5.10 Å². The van der Waals surface area contributed by atoms with Crippen molar-refractivity contribution in [1.82, 2.24) is 15.1 Å². The Bertz CT molecular complexity index is 499. The van der Waals surface area contributed by atoms with Gasteiger partial charge in [-0.05, 0) is 19.1 Å². The van der Waals surface area contributed by atoms with Gasteiger partial charge in [0.1, 0.15) is 6.04 Å². The molecule has 2 saturated heterocycles. The number of esters is 1. The van der Waals surface area contributed by atoms with Gasteiger partial charge >= 0.3 is 5.97 Å². The van der Waals surface area contributed by atoms with Gasteiger partial charge in [0.15, 0.2) is 5.82 Å². The molecular weight excluding hydrogens is 284 g/mol. The molecule has 120 valence electrons. The Kier molecular flexibility index (Phi) is 4.84. The Morgan fingerprint density at radius 2 is 2.36 bits per heavy atom. The number of aromatic nitrogens is 2. The monoisotopic (exact) mass is 306 g/mol. The van der Waals surface area contributed by atoms with E-state index in [1.54, 1.807) is 6.20 Å². The van der Waals surface area contributed by atoms with Gasteiger partial charge in [-0.15, -0.1) is 5.10 Å². The summed E-state index contributed by atoms with van der Waals surface area (Å²) in [6.07, 6.45) is 2.51. The van der Waals surface area contributed by atoms with Crippen LogP contribution in [0.5, 0.6) is 0 Å². The number of hydrogen-bond acceptors (Lipinski definition) is 7. The molecule has 2 atom stereocenters. The molecule has 2 aliphatic heterocycles. The number of cyclic esters (lactones) is 1. The Hall–Kier alpha value is -1.73. The number of likely N-dealkylation sites (N-methyl/N-ethyl adjacent to an activating group) is 1. The average Bonchev–Trinajstić information content (AvgIpc) is 3.00. The lowest BCUT2D eigenvalue weighted by Gasteiger charge is -2.37. The van der Waals surface area contributed by atoms with Crippen molar-refractivity contribution in [3.05, 3.63) is 18.3 Å². The molecule has 0 aliphatic carbocycles. The van der Waals surface area contributed by atoms with Crippen molar-refractivity contribution in [3.8, 4) is 0 Å². The third kappa shape index (κ3) is 3.36. The lowest BCUT2D eigenvalue weighted by atomic mass is 10.1. The predicted molar refractivity (Wildman–Crippen MR) is 80.6 cm³/mol. The van der Waals surface area contributed by atoms with Gasteiger partial charge in [0.25, 0.3) is 0 Å². The van der Waals surface area contributed by atoms with E-state index in [2.05, 4.69) is 26.9 Å². The minimum atomic E-state index is -0.0991. The highest BCUT2D eigenvalue weighted by atomic mass is 16.5. The van der Waals surface area contributed by atoms with Gasteiger partial charge in [0.05, 0.1) is 19.3 Å². The summed E-state index contributed by atoms with van der Waals surface area (Å²) in [5.74, 6) is 0.757. The van der Waals surface area contributed by atoms with E-state index in [9.17, 15) is 4.79 Å². The normalized spacial score (nSPS) is 26.0. The van der Waals surface area contributed by atoms with Crippen LogP contribution in [0.1, 0.15) is 13.3 Å². The van der Waals surface area contributed by atoms with Crippen molar-refractivity contribution in [2.75, 3.05) is 44.3 Å². The quantitative estimate of drug-likeness (QED) is 0.726. The van der Waals surface area contributed by atoms with Gasteiger partial charge in [-0.3, -0.25) is 9.69 Å². The largest absolute Gasteiger partial charge is 0.464 e. The second-order valence-corrected chi connectivity index (χ2v) is 5.58. The van der Waals surface area contributed by atoms with Crippen LogP contribution in [0.15, 0.2) is 18.3 Å². The molecule has 2 fully saturated rings. The lowest BCUT2D eigenvalue weighted by Crippen LogP contribution is -2.52. The summed E-state index contributed by atoms with van der Waals surface area (Å²) in [6, 6.07) is 3.73. The zero-order valence-corrected chi connectivity index (χ0v) is 12.9. The first-order valence-corrected chi connectivity index (χ1v) is 7.83. The smallest absolute Gasteiger partial charge is 0.323 e. The molecule has 3 heterocycles. The Morgan fingerprint density at radius 1 is 1.45 bits per heavy atom. The average molecular weight is 306 g/mol. The number of nitrogens with zero attached hydrogens (tertiary/aromatic N) is 4. The standard InChI is InChI=1S/C15H22N4O3/c1-2-18(14-4-3-6-16-17-14)10-12-11-19(7-9-21-12)13-5-8-22-15(13)20/h3-4,6,12-13H,2,5,7-11H2,1H3/t12-,13+/m1/s1. The predicted octanol–water partition coefficient (Wildman–Crippen LogP) is 0.319. The topological polar surface area (TPSA) is 67.8 Å². The first-order chi connectivity index (χ1) is 10.8. The molecule has 7 heteroatoms. The molecule has 0 aromatic carbocycles. The van der Waals surface area contributed by atoms with Gasteiger partial charge < -0.3 is 14.4 Å². The third-order valence-electron chi connectivity index (χ3n) is 4.21. The van der Waals surface area contributed by atoms with Crippen LogP contribution in [0.25, 0.3) is 0 Å². The van der Waals surface area contributed by atoms with Gasteiger partial charge in [0.2, 0.25) is 0 Å². The Morgan fingerprint density at radius 3 is 3.05 bits per heavy atom. The van der Waals surface area contributed by atoms with Crippen LogP contribution < -0.4 is 4.90 Å². The highest BCUT2D eigenvalue weighted by Gasteiger charge is 2.35. The number of ether oxygens (including phenoxy) is 2. The van der Waals surface area contributed by atoms with E-state index in [-0.39, 0.29) is 18.1 Å². The van der Waals surface area contributed by atoms with Crippen LogP contribution in [-0.4, -0.2) is 72.6 Å². The minimum absolute atomic E-state index is 0.0594. The van der Waals surface area contributed by atoms with E-state index in [4.69, 9.17) is 9.47 Å². The molecule has 0 bridgehead atoms. The van der Waals surface area contributed by atoms with Crippen LogP contribution in [0, 0.1) is 0 Å². The summed E-state index contributed by atoms with van der Waals surface area (Å²) >= 11 is 0. The molecule has 0 amide bonds. The Balaban J connectivity index is 1.61. The van der Waals surface area contributed by atoms with Gasteiger partial charge in [0, 0.05) is 38.8 Å². The molecule has 1 aromatic heterocycles. The maximum absolute atomic E-state index is 11.7. The van der Waals surface area contributed by atoms with Crippen molar-refractivity contribution in [2.45, 2.75) is 25.5 Å². The second kappa shape index (κ2) is 7.02. The van der Waals surface area contributed by atoms with E-state index in [1.807, 2.05) is 12.1 Å². The number of carbonyl (C=O) groups excluding carboxylic acids is 1. The summed E-state index contributed by atoms with van der Waals surface area (Å²) in [4.78, 5) is 16.1. The SMILES string of the molecule is CCN(C[C@@H]1CN([C@H]2CCOC2=O)CCO1)c1cccnn1. The van der Waals surface area contributed by atoms with E-state index in [1.165, 1.54) is 0 Å². The van der Waals surface area contributed by atoms with E-state index in [0.717, 1.165) is 38.4 Å². The highest BCUT2D eigenvalue weighted by Crippen LogP contribution is 2.19. The highest BCUT2D eigenvalue weighted by molar-refractivity contribution is 5.77. The molecule has 1 aromatic rings. The number of hydrogen-bond donors (Lipinski definition) is 0. The van der Waals surface area contributed by atoms with Crippen LogP contribution in [-0.2, 0) is 14.3 Å². The van der Waals surface area contributed by atoms with Crippen LogP contribution >= 0.6 is 0 Å². The fraction of sp³-hybridized carbons (Fsp3) is 0.667. The van der Waals surface area contributed by atoms with E-state index in [0.29, 0.717) is 13.2 Å². The molecular formula is C15H22N4O3. The van der Waals surface area contributed by atoms with Crippen molar-refractivity contribution >= 4 is 11.8 Å². The summed E-state index contributed by atoms with van der Waals surface area (Å²) in [6.45, 7) is 6.38. The number of morpholine rings is 1. The zero-order valence-electron chi connectivity index (χ0n) is 12.9. The Labute approximate surface area is 130 Å². The van der Waals surface area contributed by atoms with Crippen LogP contribution in [0.4, 0.5) is 5.82 Å².